The summed E-state index contributed by atoms with van der Waals surface area (Å²) in [6.07, 6.45) is 2.89. The number of esters is 1. The van der Waals surface area contributed by atoms with Crippen LogP contribution < -0.4 is 5.32 Å². The van der Waals surface area contributed by atoms with Crippen LogP contribution in [0.2, 0.25) is 0 Å². The topological polar surface area (TPSA) is 67.9 Å². The van der Waals surface area contributed by atoms with E-state index in [0.29, 0.717) is 19.8 Å². The second kappa shape index (κ2) is 8.21. The lowest BCUT2D eigenvalue weighted by Crippen LogP contribution is -2.59. The monoisotopic (exact) mass is 286 g/mol. The number of rotatable bonds is 7. The molecule has 116 valence electrons. The van der Waals surface area contributed by atoms with Gasteiger partial charge in [-0.05, 0) is 39.7 Å². The highest BCUT2D eigenvalue weighted by Crippen LogP contribution is 2.21. The third-order valence-corrected chi connectivity index (χ3v) is 3.57. The van der Waals surface area contributed by atoms with Gasteiger partial charge in [0.15, 0.2) is 0 Å². The Morgan fingerprint density at radius 2 is 2.10 bits per heavy atom. The first-order chi connectivity index (χ1) is 9.53. The Morgan fingerprint density at radius 1 is 1.35 bits per heavy atom. The van der Waals surface area contributed by atoms with Crippen LogP contribution in [-0.2, 0) is 19.1 Å². The average Bonchev–Trinajstić information content (AvgIpc) is 2.43. The van der Waals surface area contributed by atoms with Crippen molar-refractivity contribution >= 4 is 11.9 Å². The molecule has 1 heterocycles. The number of carbonyl (C=O) groups is 2. The summed E-state index contributed by atoms with van der Waals surface area (Å²) in [5.74, 6) is -0.432. The zero-order chi connectivity index (χ0) is 15.0. The van der Waals surface area contributed by atoms with Crippen molar-refractivity contribution in [2.45, 2.75) is 38.6 Å². The molecular weight excluding hydrogens is 260 g/mol. The molecule has 6 nitrogen and oxygen atoms in total. The normalized spacial score (nSPS) is 22.4. The predicted octanol–water partition coefficient (Wildman–Crippen LogP) is 0.557. The van der Waals surface area contributed by atoms with Gasteiger partial charge in [-0.15, -0.1) is 0 Å². The summed E-state index contributed by atoms with van der Waals surface area (Å²) in [7, 11) is 1.58. The maximum Gasteiger partial charge on any atom is 0.325 e. The maximum atomic E-state index is 12.7. The van der Waals surface area contributed by atoms with E-state index in [0.717, 1.165) is 25.8 Å². The molecule has 0 bridgehead atoms. The summed E-state index contributed by atoms with van der Waals surface area (Å²) in [6.45, 7) is 5.59. The Hall–Kier alpha value is -1.14. The van der Waals surface area contributed by atoms with E-state index in [9.17, 15) is 9.59 Å². The van der Waals surface area contributed by atoms with Gasteiger partial charge >= 0.3 is 5.97 Å². The van der Waals surface area contributed by atoms with Gasteiger partial charge < -0.3 is 19.7 Å². The molecule has 1 atom stereocenters. The number of methoxy groups -OCH3 is 1. The number of ether oxygens (including phenoxy) is 2. The Balaban J connectivity index is 2.69. The number of hydrogen-bond donors (Lipinski definition) is 1. The molecule has 1 amide bonds. The number of hydrogen-bond acceptors (Lipinski definition) is 5. The first-order valence-corrected chi connectivity index (χ1v) is 7.22. The number of carbonyl (C=O) groups excluding carboxylic acids is 2. The molecule has 1 rings (SSSR count). The minimum absolute atomic E-state index is 0.0205. The minimum atomic E-state index is -0.585. The molecule has 1 saturated heterocycles. The molecule has 1 aliphatic heterocycles. The summed E-state index contributed by atoms with van der Waals surface area (Å²) < 4.78 is 9.95. The molecule has 0 spiro atoms. The highest BCUT2D eigenvalue weighted by Gasteiger charge is 2.38. The zero-order valence-electron chi connectivity index (χ0n) is 12.7. The van der Waals surface area contributed by atoms with E-state index in [2.05, 4.69) is 5.32 Å². The second-order valence-corrected chi connectivity index (χ2v) is 5.24. The van der Waals surface area contributed by atoms with Gasteiger partial charge in [0.05, 0.1) is 18.8 Å². The summed E-state index contributed by atoms with van der Waals surface area (Å²) in [5.41, 5.74) is -0.585. The van der Waals surface area contributed by atoms with E-state index in [1.165, 1.54) is 4.90 Å². The van der Waals surface area contributed by atoms with Crippen LogP contribution in [0.1, 0.15) is 33.1 Å². The predicted molar refractivity (Wildman–Crippen MR) is 75.3 cm³/mol. The maximum absolute atomic E-state index is 12.7. The van der Waals surface area contributed by atoms with Crippen molar-refractivity contribution in [2.75, 3.05) is 40.0 Å². The van der Waals surface area contributed by atoms with Crippen LogP contribution in [0.4, 0.5) is 0 Å². The molecule has 0 aromatic carbocycles. The molecule has 6 heteroatoms. The first-order valence-electron chi connectivity index (χ1n) is 7.22. The fourth-order valence-corrected chi connectivity index (χ4v) is 2.40. The van der Waals surface area contributed by atoms with Gasteiger partial charge in [-0.2, -0.15) is 0 Å². The van der Waals surface area contributed by atoms with Crippen LogP contribution >= 0.6 is 0 Å². The lowest BCUT2D eigenvalue weighted by atomic mass is 9.89. The standard InChI is InChI=1S/C14H26N2O4/c1-4-20-12(17)11-16(9-10-19-3)13(18)14(2)7-5-6-8-15-14/h15H,4-11H2,1-3H3. The van der Waals surface area contributed by atoms with Crippen molar-refractivity contribution in [2.24, 2.45) is 0 Å². The van der Waals surface area contributed by atoms with Crippen molar-refractivity contribution in [3.8, 4) is 0 Å². The van der Waals surface area contributed by atoms with Crippen molar-refractivity contribution in [3.63, 3.8) is 0 Å². The summed E-state index contributed by atoms with van der Waals surface area (Å²) in [5, 5.41) is 3.27. The van der Waals surface area contributed by atoms with Crippen LogP contribution in [0.15, 0.2) is 0 Å². The van der Waals surface area contributed by atoms with E-state index in [-0.39, 0.29) is 18.4 Å². The van der Waals surface area contributed by atoms with Crippen LogP contribution in [-0.4, -0.2) is 62.3 Å². The Kier molecular flexibility index (Phi) is 6.95. The molecular formula is C14H26N2O4. The van der Waals surface area contributed by atoms with Gasteiger partial charge in [-0.1, -0.05) is 0 Å². The number of piperidine rings is 1. The molecule has 1 aliphatic rings. The quantitative estimate of drug-likeness (QED) is 0.693. The lowest BCUT2D eigenvalue weighted by Gasteiger charge is -2.37. The van der Waals surface area contributed by atoms with Crippen molar-refractivity contribution in [1.29, 1.82) is 0 Å². The molecule has 1 N–H and O–H groups in total. The number of nitrogens with one attached hydrogen (secondary N) is 1. The second-order valence-electron chi connectivity index (χ2n) is 5.24. The van der Waals surface area contributed by atoms with E-state index in [4.69, 9.17) is 9.47 Å². The van der Waals surface area contributed by atoms with Crippen molar-refractivity contribution in [1.82, 2.24) is 10.2 Å². The Bertz CT molecular complexity index is 327. The smallest absolute Gasteiger partial charge is 0.325 e. The van der Waals surface area contributed by atoms with E-state index < -0.39 is 5.54 Å². The van der Waals surface area contributed by atoms with Crippen molar-refractivity contribution < 1.29 is 19.1 Å². The number of nitrogens with zero attached hydrogens (tertiary/aromatic N) is 1. The fourth-order valence-electron chi connectivity index (χ4n) is 2.40. The van der Waals surface area contributed by atoms with Gasteiger partial charge in [-0.25, -0.2) is 0 Å². The molecule has 1 unspecified atom stereocenters. The summed E-state index contributed by atoms with van der Waals surface area (Å²) in [4.78, 5) is 25.8. The van der Waals surface area contributed by atoms with Crippen LogP contribution in [0.3, 0.4) is 0 Å². The first kappa shape index (κ1) is 16.9. The highest BCUT2D eigenvalue weighted by atomic mass is 16.5. The third kappa shape index (κ3) is 4.76. The lowest BCUT2D eigenvalue weighted by molar-refractivity contribution is -0.151. The Morgan fingerprint density at radius 3 is 2.65 bits per heavy atom. The summed E-state index contributed by atoms with van der Waals surface area (Å²) in [6, 6.07) is 0. The van der Waals surface area contributed by atoms with Crippen LogP contribution in [0.5, 0.6) is 0 Å². The van der Waals surface area contributed by atoms with Gasteiger partial charge in [0, 0.05) is 13.7 Å². The zero-order valence-corrected chi connectivity index (χ0v) is 12.7. The molecule has 0 aliphatic carbocycles. The minimum Gasteiger partial charge on any atom is -0.465 e. The SMILES string of the molecule is CCOC(=O)CN(CCOC)C(=O)C1(C)CCCCN1. The van der Waals surface area contributed by atoms with Crippen LogP contribution in [0.25, 0.3) is 0 Å². The number of amides is 1. The molecule has 20 heavy (non-hydrogen) atoms. The van der Waals surface area contributed by atoms with Gasteiger partial charge in [0.1, 0.15) is 6.54 Å². The van der Waals surface area contributed by atoms with Crippen LogP contribution in [0, 0.1) is 0 Å². The molecule has 0 aromatic rings. The average molecular weight is 286 g/mol. The molecule has 1 fully saturated rings. The highest BCUT2D eigenvalue weighted by molar-refractivity contribution is 5.89. The summed E-state index contributed by atoms with van der Waals surface area (Å²) >= 11 is 0. The molecule has 0 radical (unpaired) electrons. The van der Waals surface area contributed by atoms with Gasteiger partial charge in [0.2, 0.25) is 5.91 Å². The molecule has 0 saturated carbocycles. The third-order valence-electron chi connectivity index (χ3n) is 3.57. The largest absolute Gasteiger partial charge is 0.465 e. The van der Waals surface area contributed by atoms with E-state index >= 15 is 0 Å². The van der Waals surface area contributed by atoms with Crippen molar-refractivity contribution in [3.05, 3.63) is 0 Å². The van der Waals surface area contributed by atoms with Gasteiger partial charge in [0.25, 0.3) is 0 Å². The van der Waals surface area contributed by atoms with E-state index in [1.807, 2.05) is 6.92 Å². The Labute approximate surface area is 120 Å². The van der Waals surface area contributed by atoms with Gasteiger partial charge in [-0.3, -0.25) is 9.59 Å². The van der Waals surface area contributed by atoms with E-state index in [1.54, 1.807) is 14.0 Å². The fraction of sp³-hybridized carbons (Fsp3) is 0.857. The molecule has 0 aromatic heterocycles.